The summed E-state index contributed by atoms with van der Waals surface area (Å²) >= 11 is 0. The van der Waals surface area contributed by atoms with Crippen LogP contribution in [0.2, 0.25) is 0 Å². The van der Waals surface area contributed by atoms with E-state index in [4.69, 9.17) is 0 Å². The van der Waals surface area contributed by atoms with E-state index < -0.39 is 6.43 Å². The maximum atomic E-state index is 13.2. The first kappa shape index (κ1) is 20.3. The lowest BCUT2D eigenvalue weighted by atomic mass is 9.84. The third kappa shape index (κ3) is 4.23. The van der Waals surface area contributed by atoms with Crippen LogP contribution in [0.5, 0.6) is 0 Å². The van der Waals surface area contributed by atoms with Crippen molar-refractivity contribution in [3.8, 4) is 0 Å². The SMILES string of the molecule is Cc1c(C)c(C)c([C@H](CC(F)F)N2CCNCC2)c(C)c1C.Cl. The number of piperazine rings is 1. The van der Waals surface area contributed by atoms with E-state index in [-0.39, 0.29) is 24.9 Å². The van der Waals surface area contributed by atoms with Crippen LogP contribution < -0.4 is 5.32 Å². The van der Waals surface area contributed by atoms with Crippen LogP contribution in [0, 0.1) is 34.6 Å². The summed E-state index contributed by atoms with van der Waals surface area (Å²) in [5, 5.41) is 3.31. The summed E-state index contributed by atoms with van der Waals surface area (Å²) in [6.07, 6.45) is -2.36. The maximum absolute atomic E-state index is 13.2. The number of alkyl halides is 2. The quantitative estimate of drug-likeness (QED) is 0.876. The number of halogens is 3. The zero-order valence-corrected chi connectivity index (χ0v) is 15.6. The molecule has 0 spiro atoms. The molecule has 1 aromatic rings. The van der Waals surface area contributed by atoms with E-state index >= 15 is 0 Å². The Morgan fingerprint density at radius 3 is 1.74 bits per heavy atom. The Hall–Kier alpha value is -0.710. The zero-order chi connectivity index (χ0) is 16.4. The van der Waals surface area contributed by atoms with Crippen molar-refractivity contribution in [2.45, 2.75) is 53.5 Å². The fourth-order valence-corrected chi connectivity index (χ4v) is 3.64. The highest BCUT2D eigenvalue weighted by Gasteiger charge is 2.29. The molecule has 0 unspecified atom stereocenters. The van der Waals surface area contributed by atoms with Crippen molar-refractivity contribution >= 4 is 12.4 Å². The molecule has 1 aliphatic rings. The standard InChI is InChI=1S/C18H28F2N2.ClH/c1-11-12(2)14(4)18(15(5)13(11)3)16(10-17(19)20)22-8-6-21-7-9-22;/h16-17,21H,6-10H2,1-5H3;1H/t16-;/m0./s1. The summed E-state index contributed by atoms with van der Waals surface area (Å²) < 4.78 is 26.5. The Morgan fingerprint density at radius 2 is 1.30 bits per heavy atom. The summed E-state index contributed by atoms with van der Waals surface area (Å²) in [4.78, 5) is 2.23. The van der Waals surface area contributed by atoms with Crippen molar-refractivity contribution in [2.75, 3.05) is 26.2 Å². The van der Waals surface area contributed by atoms with E-state index in [9.17, 15) is 8.78 Å². The lowest BCUT2D eigenvalue weighted by Crippen LogP contribution is -2.46. The third-order valence-electron chi connectivity index (χ3n) is 5.39. The van der Waals surface area contributed by atoms with Gasteiger partial charge in [0.05, 0.1) is 0 Å². The first-order valence-corrected chi connectivity index (χ1v) is 8.14. The van der Waals surface area contributed by atoms with E-state index in [0.717, 1.165) is 31.7 Å². The molecule has 1 heterocycles. The Balaban J connectivity index is 0.00000264. The van der Waals surface area contributed by atoms with Crippen LogP contribution >= 0.6 is 12.4 Å². The van der Waals surface area contributed by atoms with E-state index in [1.54, 1.807) is 0 Å². The minimum absolute atomic E-state index is 0. The van der Waals surface area contributed by atoms with Gasteiger partial charge in [-0.2, -0.15) is 0 Å². The van der Waals surface area contributed by atoms with Gasteiger partial charge >= 0.3 is 0 Å². The van der Waals surface area contributed by atoms with Gasteiger partial charge in [0.15, 0.2) is 0 Å². The van der Waals surface area contributed by atoms with E-state index in [1.807, 2.05) is 0 Å². The molecular weight excluding hydrogens is 318 g/mol. The van der Waals surface area contributed by atoms with E-state index in [2.05, 4.69) is 44.8 Å². The average molecular weight is 347 g/mol. The minimum atomic E-state index is -2.28. The molecule has 1 fully saturated rings. The van der Waals surface area contributed by atoms with Crippen LogP contribution in [0.4, 0.5) is 8.78 Å². The molecule has 2 nitrogen and oxygen atoms in total. The molecule has 0 aromatic heterocycles. The van der Waals surface area contributed by atoms with E-state index in [0.29, 0.717) is 0 Å². The molecule has 1 saturated heterocycles. The van der Waals surface area contributed by atoms with Gasteiger partial charge in [-0.05, 0) is 68.0 Å². The van der Waals surface area contributed by atoms with Crippen LogP contribution in [-0.2, 0) is 0 Å². The van der Waals surface area contributed by atoms with Gasteiger partial charge in [-0.3, -0.25) is 4.90 Å². The average Bonchev–Trinajstić information content (AvgIpc) is 2.50. The smallest absolute Gasteiger partial charge is 0.240 e. The predicted molar refractivity (Wildman–Crippen MR) is 95.2 cm³/mol. The van der Waals surface area contributed by atoms with Gasteiger partial charge in [-0.15, -0.1) is 12.4 Å². The molecule has 0 amide bonds. The first-order valence-electron chi connectivity index (χ1n) is 8.14. The summed E-state index contributed by atoms with van der Waals surface area (Å²) in [6, 6.07) is -0.180. The molecule has 1 atom stereocenters. The number of hydrogen-bond donors (Lipinski definition) is 1. The van der Waals surface area contributed by atoms with Crippen molar-refractivity contribution in [2.24, 2.45) is 0 Å². The number of benzene rings is 1. The molecule has 23 heavy (non-hydrogen) atoms. The lowest BCUT2D eigenvalue weighted by Gasteiger charge is -2.37. The molecule has 2 rings (SSSR count). The van der Waals surface area contributed by atoms with Gasteiger partial charge in [-0.1, -0.05) is 0 Å². The van der Waals surface area contributed by atoms with Gasteiger partial charge in [0.25, 0.3) is 0 Å². The molecule has 1 aromatic carbocycles. The molecule has 132 valence electrons. The number of nitrogens with one attached hydrogen (secondary N) is 1. The molecule has 0 radical (unpaired) electrons. The summed E-state index contributed by atoms with van der Waals surface area (Å²) in [7, 11) is 0. The molecule has 1 N–H and O–H groups in total. The maximum Gasteiger partial charge on any atom is 0.240 e. The first-order chi connectivity index (χ1) is 10.3. The van der Waals surface area contributed by atoms with Gasteiger partial charge < -0.3 is 5.32 Å². The largest absolute Gasteiger partial charge is 0.314 e. The van der Waals surface area contributed by atoms with Crippen LogP contribution in [-0.4, -0.2) is 37.5 Å². The van der Waals surface area contributed by atoms with Gasteiger partial charge in [0.2, 0.25) is 6.43 Å². The topological polar surface area (TPSA) is 15.3 Å². The van der Waals surface area contributed by atoms with Gasteiger partial charge in [0.1, 0.15) is 0 Å². The fourth-order valence-electron chi connectivity index (χ4n) is 3.64. The second kappa shape index (κ2) is 8.41. The Bertz CT molecular complexity index is 511. The number of nitrogens with zero attached hydrogens (tertiary/aromatic N) is 1. The second-order valence-corrected chi connectivity index (χ2v) is 6.47. The monoisotopic (exact) mass is 346 g/mol. The summed E-state index contributed by atoms with van der Waals surface area (Å²) in [5.74, 6) is 0. The normalized spacial score (nSPS) is 17.2. The van der Waals surface area contributed by atoms with Gasteiger partial charge in [0, 0.05) is 38.6 Å². The second-order valence-electron chi connectivity index (χ2n) is 6.47. The van der Waals surface area contributed by atoms with Crippen LogP contribution in [0.15, 0.2) is 0 Å². The van der Waals surface area contributed by atoms with Crippen LogP contribution in [0.25, 0.3) is 0 Å². The molecular formula is C18H29ClF2N2. The Kier molecular flexibility index (Phi) is 7.43. The predicted octanol–water partition coefficient (Wildman–Crippen LogP) is 4.25. The molecule has 0 bridgehead atoms. The Labute approximate surface area is 145 Å². The van der Waals surface area contributed by atoms with Crippen molar-refractivity contribution in [1.82, 2.24) is 10.2 Å². The number of rotatable bonds is 4. The highest BCUT2D eigenvalue weighted by Crippen LogP contribution is 2.36. The van der Waals surface area contributed by atoms with Gasteiger partial charge in [-0.25, -0.2) is 8.78 Å². The molecule has 0 aliphatic carbocycles. The highest BCUT2D eigenvalue weighted by molar-refractivity contribution is 5.85. The third-order valence-corrected chi connectivity index (χ3v) is 5.39. The highest BCUT2D eigenvalue weighted by atomic mass is 35.5. The van der Waals surface area contributed by atoms with Crippen molar-refractivity contribution in [3.63, 3.8) is 0 Å². The Morgan fingerprint density at radius 1 is 0.870 bits per heavy atom. The molecule has 0 saturated carbocycles. The van der Waals surface area contributed by atoms with Crippen LogP contribution in [0.3, 0.4) is 0 Å². The molecule has 5 heteroatoms. The summed E-state index contributed by atoms with van der Waals surface area (Å²) in [6.45, 7) is 13.9. The van der Waals surface area contributed by atoms with Crippen molar-refractivity contribution in [1.29, 1.82) is 0 Å². The zero-order valence-electron chi connectivity index (χ0n) is 14.8. The minimum Gasteiger partial charge on any atom is -0.314 e. The van der Waals surface area contributed by atoms with Crippen LogP contribution in [0.1, 0.15) is 45.8 Å². The van der Waals surface area contributed by atoms with Crippen molar-refractivity contribution < 1.29 is 8.78 Å². The fraction of sp³-hybridized carbons (Fsp3) is 0.667. The summed E-state index contributed by atoms with van der Waals surface area (Å²) in [5.41, 5.74) is 7.27. The number of hydrogen-bond acceptors (Lipinski definition) is 2. The molecule has 1 aliphatic heterocycles. The van der Waals surface area contributed by atoms with Crippen molar-refractivity contribution in [3.05, 3.63) is 33.4 Å². The lowest BCUT2D eigenvalue weighted by molar-refractivity contribution is 0.0734. The van der Waals surface area contributed by atoms with E-state index in [1.165, 1.54) is 27.8 Å².